The topological polar surface area (TPSA) is 114 Å². The van der Waals surface area contributed by atoms with Crippen molar-refractivity contribution in [2.24, 2.45) is 5.41 Å². The molecule has 0 bridgehead atoms. The number of benzene rings is 1. The molecule has 0 aliphatic carbocycles. The van der Waals surface area contributed by atoms with Gasteiger partial charge in [0.1, 0.15) is 11.6 Å². The highest BCUT2D eigenvalue weighted by molar-refractivity contribution is 5.97. The third-order valence-corrected chi connectivity index (χ3v) is 4.15. The number of nitrogens with zero attached hydrogens (tertiary/aromatic N) is 3. The summed E-state index contributed by atoms with van der Waals surface area (Å²) >= 11 is 0. The zero-order valence-electron chi connectivity index (χ0n) is 16.3. The third-order valence-electron chi connectivity index (χ3n) is 4.15. The predicted octanol–water partition coefficient (Wildman–Crippen LogP) is 1.77. The molecule has 2 rings (SSSR count). The van der Waals surface area contributed by atoms with Gasteiger partial charge in [-0.3, -0.25) is 23.5 Å². The van der Waals surface area contributed by atoms with Crippen LogP contribution >= 0.6 is 0 Å². The van der Waals surface area contributed by atoms with Crippen LogP contribution in [0.5, 0.6) is 0 Å². The van der Waals surface area contributed by atoms with Crippen molar-refractivity contribution in [3.8, 4) is 6.07 Å². The largest absolute Gasteiger partial charge is 0.331 e. The van der Waals surface area contributed by atoms with E-state index in [0.29, 0.717) is 5.69 Å². The Morgan fingerprint density at radius 2 is 1.75 bits per heavy atom. The van der Waals surface area contributed by atoms with Crippen molar-refractivity contribution in [1.29, 1.82) is 5.26 Å². The Bertz CT molecular complexity index is 1060. The Labute approximate surface area is 162 Å². The van der Waals surface area contributed by atoms with Crippen molar-refractivity contribution >= 4 is 17.4 Å². The molecular formula is C20H22N4O4. The van der Waals surface area contributed by atoms with Gasteiger partial charge in [-0.25, -0.2) is 4.79 Å². The minimum absolute atomic E-state index is 0.161. The zero-order valence-corrected chi connectivity index (χ0v) is 16.3. The van der Waals surface area contributed by atoms with Gasteiger partial charge in [-0.05, 0) is 31.2 Å². The second kappa shape index (κ2) is 8.05. The number of hydrogen-bond donors (Lipinski definition) is 1. The first-order chi connectivity index (χ1) is 13.1. The molecule has 0 radical (unpaired) electrons. The van der Waals surface area contributed by atoms with Gasteiger partial charge in [0.25, 0.3) is 5.56 Å². The molecule has 8 nitrogen and oxygen atoms in total. The van der Waals surface area contributed by atoms with Gasteiger partial charge in [0.2, 0.25) is 5.91 Å². The molecule has 146 valence electrons. The van der Waals surface area contributed by atoms with Gasteiger partial charge in [-0.2, -0.15) is 5.26 Å². The van der Waals surface area contributed by atoms with Crippen molar-refractivity contribution in [2.75, 3.05) is 5.32 Å². The molecule has 28 heavy (non-hydrogen) atoms. The van der Waals surface area contributed by atoms with Crippen LogP contribution in [0.1, 0.15) is 43.6 Å². The molecule has 1 heterocycles. The number of hydrogen-bond acceptors (Lipinski definition) is 5. The minimum atomic E-state index is -0.792. The van der Waals surface area contributed by atoms with Crippen LogP contribution in [0.4, 0.5) is 5.69 Å². The number of Topliss-reactive ketones (excluding diaryl/α,β-unsaturated/α-hetero) is 1. The molecular weight excluding hydrogens is 360 g/mol. The summed E-state index contributed by atoms with van der Waals surface area (Å²) in [7, 11) is 0. The van der Waals surface area contributed by atoms with Gasteiger partial charge < -0.3 is 5.32 Å². The SMILES string of the molecule is CCn1cc(C#N)c(=O)n(CC(=O)c2ccc(NC(=O)C(C)(C)C)cc2)c1=O. The lowest BCUT2D eigenvalue weighted by molar-refractivity contribution is -0.123. The normalized spacial score (nSPS) is 11.0. The Kier molecular flexibility index (Phi) is 5.99. The zero-order chi connectivity index (χ0) is 21.1. The Hall–Kier alpha value is -3.47. The third kappa shape index (κ3) is 4.43. The highest BCUT2D eigenvalue weighted by Gasteiger charge is 2.21. The summed E-state index contributed by atoms with van der Waals surface area (Å²) in [6.07, 6.45) is 1.19. The molecule has 2 aromatic rings. The number of nitrogens with one attached hydrogen (secondary N) is 1. The van der Waals surface area contributed by atoms with E-state index < -0.39 is 29.0 Å². The van der Waals surface area contributed by atoms with Crippen LogP contribution in [-0.4, -0.2) is 20.8 Å². The molecule has 0 spiro atoms. The summed E-state index contributed by atoms with van der Waals surface area (Å²) in [5.41, 5.74) is -1.37. The summed E-state index contributed by atoms with van der Waals surface area (Å²) in [5, 5.41) is 11.8. The van der Waals surface area contributed by atoms with E-state index in [0.717, 1.165) is 4.57 Å². The first kappa shape index (κ1) is 20.8. The number of rotatable bonds is 5. The number of anilines is 1. The summed E-state index contributed by atoms with van der Waals surface area (Å²) in [4.78, 5) is 49.1. The van der Waals surface area contributed by atoms with E-state index in [1.807, 2.05) is 0 Å². The second-order valence-corrected chi connectivity index (χ2v) is 7.32. The van der Waals surface area contributed by atoms with E-state index in [4.69, 9.17) is 5.26 Å². The molecule has 8 heteroatoms. The van der Waals surface area contributed by atoms with E-state index in [2.05, 4.69) is 5.32 Å². The Balaban J connectivity index is 2.27. The maximum atomic E-state index is 12.5. The first-order valence-electron chi connectivity index (χ1n) is 8.77. The molecule has 1 aromatic heterocycles. The van der Waals surface area contributed by atoms with Crippen molar-refractivity contribution in [3.63, 3.8) is 0 Å². The molecule has 0 saturated carbocycles. The summed E-state index contributed by atoms with van der Waals surface area (Å²) in [6, 6.07) is 7.93. The molecule has 0 aliphatic heterocycles. The number of nitriles is 1. The summed E-state index contributed by atoms with van der Waals surface area (Å²) in [5.74, 6) is -0.614. The lowest BCUT2D eigenvalue weighted by atomic mass is 9.95. The van der Waals surface area contributed by atoms with E-state index in [9.17, 15) is 19.2 Å². The van der Waals surface area contributed by atoms with Gasteiger partial charge in [-0.15, -0.1) is 0 Å². The highest BCUT2D eigenvalue weighted by atomic mass is 16.2. The number of aryl methyl sites for hydroxylation is 1. The Morgan fingerprint density at radius 3 is 2.25 bits per heavy atom. The standard InChI is InChI=1S/C20H22N4O4/c1-5-23-11-14(10-21)17(26)24(19(23)28)12-16(25)13-6-8-15(9-7-13)22-18(27)20(2,3)4/h6-9,11H,5,12H2,1-4H3,(H,22,27). The quantitative estimate of drug-likeness (QED) is 0.792. The monoisotopic (exact) mass is 382 g/mol. The van der Waals surface area contributed by atoms with Crippen LogP contribution in [-0.2, 0) is 17.9 Å². The maximum absolute atomic E-state index is 12.5. The van der Waals surface area contributed by atoms with Crippen LogP contribution in [0.15, 0.2) is 40.1 Å². The van der Waals surface area contributed by atoms with Crippen LogP contribution in [0.25, 0.3) is 0 Å². The van der Waals surface area contributed by atoms with Crippen LogP contribution in [0.3, 0.4) is 0 Å². The average Bonchev–Trinajstić information content (AvgIpc) is 2.65. The van der Waals surface area contributed by atoms with E-state index >= 15 is 0 Å². The summed E-state index contributed by atoms with van der Waals surface area (Å²) in [6.45, 7) is 6.86. The van der Waals surface area contributed by atoms with E-state index in [-0.39, 0.29) is 23.6 Å². The maximum Gasteiger partial charge on any atom is 0.331 e. The smallest absolute Gasteiger partial charge is 0.326 e. The molecule has 0 aliphatic rings. The van der Waals surface area contributed by atoms with Gasteiger partial charge in [-0.1, -0.05) is 20.8 Å². The number of carbonyl (C=O) groups excluding carboxylic acids is 2. The number of aromatic nitrogens is 2. The fraction of sp³-hybridized carbons (Fsp3) is 0.350. The van der Waals surface area contributed by atoms with Crippen LogP contribution in [0.2, 0.25) is 0 Å². The highest BCUT2D eigenvalue weighted by Crippen LogP contribution is 2.18. The number of carbonyl (C=O) groups is 2. The van der Waals surface area contributed by atoms with E-state index in [1.165, 1.54) is 22.9 Å². The molecule has 0 saturated heterocycles. The van der Waals surface area contributed by atoms with Gasteiger partial charge >= 0.3 is 5.69 Å². The van der Waals surface area contributed by atoms with E-state index in [1.54, 1.807) is 45.9 Å². The van der Waals surface area contributed by atoms with Gasteiger partial charge in [0.15, 0.2) is 5.78 Å². The summed E-state index contributed by atoms with van der Waals surface area (Å²) < 4.78 is 1.97. The molecule has 0 atom stereocenters. The second-order valence-electron chi connectivity index (χ2n) is 7.32. The van der Waals surface area contributed by atoms with Crippen molar-refractivity contribution in [2.45, 2.75) is 40.8 Å². The molecule has 1 aromatic carbocycles. The van der Waals surface area contributed by atoms with Crippen LogP contribution < -0.4 is 16.6 Å². The van der Waals surface area contributed by atoms with Crippen molar-refractivity contribution < 1.29 is 9.59 Å². The molecule has 1 N–H and O–H groups in total. The minimum Gasteiger partial charge on any atom is -0.326 e. The number of amides is 1. The predicted molar refractivity (Wildman–Crippen MR) is 104 cm³/mol. The average molecular weight is 382 g/mol. The first-order valence-corrected chi connectivity index (χ1v) is 8.77. The van der Waals surface area contributed by atoms with Gasteiger partial charge in [0, 0.05) is 29.4 Å². The lowest BCUT2D eigenvalue weighted by Crippen LogP contribution is -2.42. The van der Waals surface area contributed by atoms with Crippen molar-refractivity contribution in [3.05, 3.63) is 62.4 Å². The molecule has 0 unspecified atom stereocenters. The van der Waals surface area contributed by atoms with Crippen molar-refractivity contribution in [1.82, 2.24) is 9.13 Å². The molecule has 0 fully saturated rings. The van der Waals surface area contributed by atoms with Crippen LogP contribution in [0, 0.1) is 16.7 Å². The lowest BCUT2D eigenvalue weighted by Gasteiger charge is -2.17. The Morgan fingerprint density at radius 1 is 1.14 bits per heavy atom. The fourth-order valence-corrected chi connectivity index (χ4v) is 2.39. The number of ketones is 1. The fourth-order valence-electron chi connectivity index (χ4n) is 2.39. The molecule has 1 amide bonds. The van der Waals surface area contributed by atoms with Gasteiger partial charge in [0.05, 0.1) is 6.54 Å².